The van der Waals surface area contributed by atoms with E-state index in [1.54, 1.807) is 0 Å². The predicted octanol–water partition coefficient (Wildman–Crippen LogP) is 4.66. The topological polar surface area (TPSA) is 35.5 Å². The van der Waals surface area contributed by atoms with Crippen LogP contribution in [0.3, 0.4) is 0 Å². The van der Waals surface area contributed by atoms with Gasteiger partial charge >= 0.3 is 5.97 Å². The highest BCUT2D eigenvalue weighted by atomic mass is 28.4. The molecule has 20 heavy (non-hydrogen) atoms. The average Bonchev–Trinajstić information content (AvgIpc) is 2.27. The summed E-state index contributed by atoms with van der Waals surface area (Å²) in [5, 5.41) is 0.173. The lowest BCUT2D eigenvalue weighted by Gasteiger charge is -2.47. The molecular weight excluding hydrogens is 268 g/mol. The van der Waals surface area contributed by atoms with Crippen molar-refractivity contribution in [2.75, 3.05) is 6.61 Å². The fourth-order valence-corrected chi connectivity index (χ4v) is 4.35. The number of hydrogen-bond donors (Lipinski definition) is 0. The summed E-state index contributed by atoms with van der Waals surface area (Å²) in [5.74, 6) is -0.104. The Kier molecular flexibility index (Phi) is 5.85. The van der Waals surface area contributed by atoms with Gasteiger partial charge in [-0.05, 0) is 37.9 Å². The van der Waals surface area contributed by atoms with Gasteiger partial charge in [0.2, 0.25) is 0 Å². The summed E-state index contributed by atoms with van der Waals surface area (Å²) in [6.07, 6.45) is 6.00. The largest absolute Gasteiger partial charge is 0.466 e. The maximum atomic E-state index is 12.0. The standard InChI is InChI=1S/C16H32O3Si/c1-7-18-14(17)13-16(11-9-8-10-12-16)19-20(5,6)15(2,3)4/h7-13H2,1-6H3. The molecule has 0 aromatic rings. The van der Waals surface area contributed by atoms with Crippen LogP contribution in [0.4, 0.5) is 0 Å². The van der Waals surface area contributed by atoms with Crippen molar-refractivity contribution in [1.82, 2.24) is 0 Å². The lowest BCUT2D eigenvalue weighted by atomic mass is 9.82. The Morgan fingerprint density at radius 3 is 2.15 bits per heavy atom. The van der Waals surface area contributed by atoms with E-state index in [0.717, 1.165) is 25.7 Å². The molecule has 0 heterocycles. The minimum Gasteiger partial charge on any atom is -0.466 e. The van der Waals surface area contributed by atoms with Crippen molar-refractivity contribution in [1.29, 1.82) is 0 Å². The maximum absolute atomic E-state index is 12.0. The molecule has 1 saturated carbocycles. The zero-order valence-electron chi connectivity index (χ0n) is 14.2. The zero-order valence-corrected chi connectivity index (χ0v) is 15.2. The molecule has 0 aromatic carbocycles. The molecule has 1 aliphatic carbocycles. The summed E-state index contributed by atoms with van der Waals surface area (Å²) >= 11 is 0. The van der Waals surface area contributed by atoms with Crippen molar-refractivity contribution >= 4 is 14.3 Å². The van der Waals surface area contributed by atoms with Crippen molar-refractivity contribution in [2.45, 2.75) is 90.0 Å². The first-order valence-electron chi connectivity index (χ1n) is 7.98. The van der Waals surface area contributed by atoms with E-state index in [-0.39, 0.29) is 16.6 Å². The smallest absolute Gasteiger partial charge is 0.308 e. The van der Waals surface area contributed by atoms with E-state index in [9.17, 15) is 4.79 Å². The van der Waals surface area contributed by atoms with Gasteiger partial charge in [0.15, 0.2) is 8.32 Å². The SMILES string of the molecule is CCOC(=O)CC1(O[Si](C)(C)C(C)(C)C)CCCCC1. The number of carbonyl (C=O) groups is 1. The molecule has 1 rings (SSSR count). The van der Waals surface area contributed by atoms with E-state index in [4.69, 9.17) is 9.16 Å². The van der Waals surface area contributed by atoms with Gasteiger partial charge in [0.1, 0.15) is 0 Å². The van der Waals surface area contributed by atoms with Crippen LogP contribution in [-0.4, -0.2) is 26.5 Å². The zero-order chi connectivity index (χ0) is 15.4. The fraction of sp³-hybridized carbons (Fsp3) is 0.938. The molecule has 0 radical (unpaired) electrons. The van der Waals surface area contributed by atoms with Crippen LogP contribution in [0.5, 0.6) is 0 Å². The number of rotatable bonds is 5. The average molecular weight is 301 g/mol. The first kappa shape index (κ1) is 17.7. The summed E-state index contributed by atoms with van der Waals surface area (Å²) in [6, 6.07) is 0. The normalized spacial score (nSPS) is 19.7. The lowest BCUT2D eigenvalue weighted by Crippen LogP contribution is -2.51. The van der Waals surface area contributed by atoms with Gasteiger partial charge in [0.25, 0.3) is 0 Å². The molecule has 0 aliphatic heterocycles. The molecule has 118 valence electrons. The Hall–Kier alpha value is -0.353. The molecular formula is C16H32O3Si. The molecule has 3 nitrogen and oxygen atoms in total. The second-order valence-electron chi connectivity index (χ2n) is 7.59. The summed E-state index contributed by atoms with van der Waals surface area (Å²) in [4.78, 5) is 12.0. The van der Waals surface area contributed by atoms with E-state index in [0.29, 0.717) is 13.0 Å². The van der Waals surface area contributed by atoms with Crippen LogP contribution in [0.25, 0.3) is 0 Å². The number of hydrogen-bond acceptors (Lipinski definition) is 3. The third-order valence-corrected chi connectivity index (χ3v) is 9.37. The van der Waals surface area contributed by atoms with E-state index >= 15 is 0 Å². The minimum atomic E-state index is -1.86. The highest BCUT2D eigenvalue weighted by Gasteiger charge is 2.46. The molecule has 0 aromatic heterocycles. The molecule has 1 fully saturated rings. The molecule has 0 atom stereocenters. The fourth-order valence-electron chi connectivity index (χ4n) is 2.68. The van der Waals surface area contributed by atoms with Crippen LogP contribution >= 0.6 is 0 Å². The minimum absolute atomic E-state index is 0.104. The highest BCUT2D eigenvalue weighted by molar-refractivity contribution is 6.74. The molecule has 0 spiro atoms. The van der Waals surface area contributed by atoms with Crippen LogP contribution in [0.1, 0.15) is 66.2 Å². The van der Waals surface area contributed by atoms with Crippen molar-refractivity contribution in [3.8, 4) is 0 Å². The van der Waals surface area contributed by atoms with Crippen LogP contribution in [0.15, 0.2) is 0 Å². The van der Waals surface area contributed by atoms with Crippen LogP contribution in [0.2, 0.25) is 18.1 Å². The van der Waals surface area contributed by atoms with E-state index in [1.165, 1.54) is 6.42 Å². The van der Waals surface area contributed by atoms with E-state index < -0.39 is 8.32 Å². The van der Waals surface area contributed by atoms with Gasteiger partial charge in [-0.15, -0.1) is 0 Å². The molecule has 0 unspecified atom stereocenters. The van der Waals surface area contributed by atoms with Crippen molar-refractivity contribution in [2.24, 2.45) is 0 Å². The first-order valence-corrected chi connectivity index (χ1v) is 10.9. The second kappa shape index (κ2) is 6.61. The number of esters is 1. The predicted molar refractivity (Wildman–Crippen MR) is 85.3 cm³/mol. The maximum Gasteiger partial charge on any atom is 0.308 e. The third-order valence-electron chi connectivity index (χ3n) is 4.81. The number of carbonyl (C=O) groups excluding carboxylic acids is 1. The van der Waals surface area contributed by atoms with Gasteiger partial charge in [-0.1, -0.05) is 40.0 Å². The highest BCUT2D eigenvalue weighted by Crippen LogP contribution is 2.44. The summed E-state index contributed by atoms with van der Waals surface area (Å²) < 4.78 is 11.9. The van der Waals surface area contributed by atoms with Gasteiger partial charge in [-0.2, -0.15) is 0 Å². The lowest BCUT2D eigenvalue weighted by molar-refractivity contribution is -0.149. The molecule has 1 aliphatic rings. The molecule has 0 saturated heterocycles. The quantitative estimate of drug-likeness (QED) is 0.547. The summed E-state index contributed by atoms with van der Waals surface area (Å²) in [7, 11) is -1.86. The Morgan fingerprint density at radius 2 is 1.70 bits per heavy atom. The van der Waals surface area contributed by atoms with Gasteiger partial charge in [0, 0.05) is 0 Å². The van der Waals surface area contributed by atoms with Gasteiger partial charge in [-0.3, -0.25) is 4.79 Å². The van der Waals surface area contributed by atoms with E-state index in [2.05, 4.69) is 33.9 Å². The van der Waals surface area contributed by atoms with Crippen LogP contribution in [0, 0.1) is 0 Å². The third kappa shape index (κ3) is 4.59. The molecule has 0 N–H and O–H groups in total. The Balaban J connectivity index is 2.86. The van der Waals surface area contributed by atoms with Gasteiger partial charge < -0.3 is 9.16 Å². The van der Waals surface area contributed by atoms with Crippen LogP contribution < -0.4 is 0 Å². The van der Waals surface area contributed by atoms with Crippen molar-refractivity contribution in [3.05, 3.63) is 0 Å². The molecule has 0 bridgehead atoms. The van der Waals surface area contributed by atoms with Crippen molar-refractivity contribution in [3.63, 3.8) is 0 Å². The summed E-state index contributed by atoms with van der Waals surface area (Å²) in [6.45, 7) is 13.6. The Bertz CT molecular complexity index is 325. The first-order chi connectivity index (χ1) is 9.12. The molecule has 4 heteroatoms. The number of ether oxygens (including phenoxy) is 1. The van der Waals surface area contributed by atoms with Crippen LogP contribution in [-0.2, 0) is 14.0 Å². The van der Waals surface area contributed by atoms with Gasteiger partial charge in [0.05, 0.1) is 18.6 Å². The Labute approximate surface area is 125 Å². The second-order valence-corrected chi connectivity index (χ2v) is 12.3. The molecule has 0 amide bonds. The summed E-state index contributed by atoms with van der Waals surface area (Å²) in [5.41, 5.74) is -0.270. The monoisotopic (exact) mass is 300 g/mol. The van der Waals surface area contributed by atoms with Gasteiger partial charge in [-0.25, -0.2) is 0 Å². The van der Waals surface area contributed by atoms with E-state index in [1.807, 2.05) is 6.92 Å². The van der Waals surface area contributed by atoms with Crippen molar-refractivity contribution < 1.29 is 14.0 Å². The Morgan fingerprint density at radius 1 is 1.15 bits per heavy atom.